The number of pyridine rings is 2. The van der Waals surface area contributed by atoms with E-state index >= 15 is 0 Å². The lowest BCUT2D eigenvalue weighted by molar-refractivity contribution is -0.183. The van der Waals surface area contributed by atoms with Gasteiger partial charge in [-0.25, -0.2) is 4.98 Å². The molecule has 0 saturated carbocycles. The maximum Gasteiger partial charge on any atom is 0.408 e. The molecular weight excluding hydrogens is 445 g/mol. The quantitative estimate of drug-likeness (QED) is 0.492. The van der Waals surface area contributed by atoms with E-state index in [-0.39, 0.29) is 18.2 Å². The summed E-state index contributed by atoms with van der Waals surface area (Å²) in [6, 6.07) is 10.9. The maximum absolute atomic E-state index is 14.1. The summed E-state index contributed by atoms with van der Waals surface area (Å²) in [4.78, 5) is 6.17. The molecule has 0 bridgehead atoms. The second-order valence-corrected chi connectivity index (χ2v) is 9.09. The molecule has 4 aromatic rings. The molecule has 7 nitrogen and oxygen atoms in total. The Balaban J connectivity index is 1.42. The second kappa shape index (κ2) is 8.00. The molecule has 2 fully saturated rings. The molecule has 2 aliphatic heterocycles. The molecule has 0 unspecified atom stereocenters. The molecule has 176 valence electrons. The molecular formula is C24H23F3N6O. The molecule has 2 aliphatic rings. The van der Waals surface area contributed by atoms with Gasteiger partial charge in [-0.15, -0.1) is 10.2 Å². The number of ether oxygens (including phenoxy) is 1. The van der Waals surface area contributed by atoms with E-state index < -0.39 is 12.2 Å². The van der Waals surface area contributed by atoms with Crippen LogP contribution in [0.4, 0.5) is 13.2 Å². The number of benzene rings is 1. The molecule has 1 aromatic carbocycles. The summed E-state index contributed by atoms with van der Waals surface area (Å²) >= 11 is 0. The Hall–Kier alpha value is -3.08. The smallest absolute Gasteiger partial charge is 0.380 e. The summed E-state index contributed by atoms with van der Waals surface area (Å²) in [5, 5.41) is 9.38. The summed E-state index contributed by atoms with van der Waals surface area (Å²) in [7, 11) is 0. The lowest BCUT2D eigenvalue weighted by atomic mass is 9.96. The predicted octanol–water partition coefficient (Wildman–Crippen LogP) is 3.69. The number of hydrogen-bond donors (Lipinski definition) is 1. The van der Waals surface area contributed by atoms with E-state index in [1.54, 1.807) is 10.5 Å². The number of halogens is 3. The van der Waals surface area contributed by atoms with Crippen LogP contribution in [0.1, 0.15) is 29.5 Å². The van der Waals surface area contributed by atoms with Crippen molar-refractivity contribution in [2.75, 3.05) is 26.3 Å². The van der Waals surface area contributed by atoms with E-state index in [9.17, 15) is 13.2 Å². The van der Waals surface area contributed by atoms with Crippen LogP contribution in [0.15, 0.2) is 48.7 Å². The Bertz CT molecular complexity index is 1370. The molecule has 2 atom stereocenters. The van der Waals surface area contributed by atoms with E-state index in [0.717, 1.165) is 16.5 Å². The molecule has 0 spiro atoms. The zero-order chi connectivity index (χ0) is 23.4. The Morgan fingerprint density at radius 2 is 1.88 bits per heavy atom. The molecule has 0 radical (unpaired) electrons. The van der Waals surface area contributed by atoms with Gasteiger partial charge in [0.1, 0.15) is 11.7 Å². The van der Waals surface area contributed by atoms with E-state index in [1.807, 2.05) is 24.3 Å². The molecule has 0 amide bonds. The Labute approximate surface area is 193 Å². The summed E-state index contributed by atoms with van der Waals surface area (Å²) in [6.45, 7) is 1.91. The largest absolute Gasteiger partial charge is 0.408 e. The van der Waals surface area contributed by atoms with Gasteiger partial charge >= 0.3 is 6.18 Å². The maximum atomic E-state index is 14.1. The van der Waals surface area contributed by atoms with Crippen LogP contribution in [0.25, 0.3) is 28.1 Å². The summed E-state index contributed by atoms with van der Waals surface area (Å²) in [6.07, 6.45) is -2.42. The molecule has 34 heavy (non-hydrogen) atoms. The van der Waals surface area contributed by atoms with Crippen molar-refractivity contribution in [3.05, 3.63) is 59.8 Å². The normalized spacial score (nSPS) is 20.8. The highest BCUT2D eigenvalue weighted by Crippen LogP contribution is 2.39. The summed E-state index contributed by atoms with van der Waals surface area (Å²) < 4.78 is 49.2. The highest BCUT2D eigenvalue weighted by atomic mass is 19.4. The van der Waals surface area contributed by atoms with Crippen LogP contribution in [-0.4, -0.2) is 63.0 Å². The fourth-order valence-corrected chi connectivity index (χ4v) is 4.84. The molecule has 10 heteroatoms. The van der Waals surface area contributed by atoms with Gasteiger partial charge in [-0.05, 0) is 35.7 Å². The zero-order valence-electron chi connectivity index (χ0n) is 18.2. The number of alkyl halides is 3. The Kier molecular flexibility index (Phi) is 5.05. The monoisotopic (exact) mass is 468 g/mol. The Morgan fingerprint density at radius 3 is 2.59 bits per heavy atom. The van der Waals surface area contributed by atoms with Crippen molar-refractivity contribution < 1.29 is 17.9 Å². The van der Waals surface area contributed by atoms with E-state index in [0.29, 0.717) is 49.3 Å². The number of nitrogens with two attached hydrogens (primary N) is 1. The second-order valence-electron chi connectivity index (χ2n) is 9.09. The fraction of sp³-hybridized carbons (Fsp3) is 0.375. The van der Waals surface area contributed by atoms with Crippen molar-refractivity contribution in [2.45, 2.75) is 30.6 Å². The number of fused-ring (bicyclic) bond motifs is 2. The van der Waals surface area contributed by atoms with E-state index in [1.165, 1.54) is 17.2 Å². The average molecular weight is 468 g/mol. The van der Waals surface area contributed by atoms with Gasteiger partial charge in [0.05, 0.1) is 18.7 Å². The first-order chi connectivity index (χ1) is 16.4. The van der Waals surface area contributed by atoms with Crippen molar-refractivity contribution >= 4 is 16.6 Å². The lowest BCUT2D eigenvalue weighted by Crippen LogP contribution is -2.38. The van der Waals surface area contributed by atoms with Gasteiger partial charge in [-0.3, -0.25) is 9.30 Å². The first-order valence-electron chi connectivity index (χ1n) is 11.3. The van der Waals surface area contributed by atoms with Crippen LogP contribution in [0.5, 0.6) is 0 Å². The fourth-order valence-electron chi connectivity index (χ4n) is 4.84. The standard InChI is InChI=1S/C24H23F3N6O/c25-24(26,27)22(32-8-7-18(28)11-32)16-4-6-21-30-31-23(33(21)10-16)19-5-3-14-1-2-15(9-20(14)29-19)17-12-34-13-17/h1-6,9-10,17-18,22H,7-8,11-13,28H2/t18-,22+/m0/s1. The van der Waals surface area contributed by atoms with Crippen molar-refractivity contribution in [1.82, 2.24) is 24.5 Å². The van der Waals surface area contributed by atoms with Crippen LogP contribution in [0.2, 0.25) is 0 Å². The van der Waals surface area contributed by atoms with Gasteiger partial charge in [-0.2, -0.15) is 13.2 Å². The van der Waals surface area contributed by atoms with Gasteiger partial charge in [-0.1, -0.05) is 24.3 Å². The van der Waals surface area contributed by atoms with Crippen molar-refractivity contribution in [1.29, 1.82) is 0 Å². The van der Waals surface area contributed by atoms with E-state index in [2.05, 4.69) is 16.3 Å². The topological polar surface area (TPSA) is 81.6 Å². The third-order valence-corrected chi connectivity index (χ3v) is 6.73. The zero-order valence-corrected chi connectivity index (χ0v) is 18.2. The van der Waals surface area contributed by atoms with Gasteiger partial charge in [0.15, 0.2) is 11.5 Å². The van der Waals surface area contributed by atoms with Gasteiger partial charge in [0.25, 0.3) is 0 Å². The van der Waals surface area contributed by atoms with Crippen molar-refractivity contribution in [2.24, 2.45) is 5.73 Å². The number of rotatable bonds is 4. The predicted molar refractivity (Wildman–Crippen MR) is 120 cm³/mol. The average Bonchev–Trinajstić information content (AvgIpc) is 3.37. The van der Waals surface area contributed by atoms with Gasteiger partial charge in [0, 0.05) is 36.6 Å². The molecule has 0 aliphatic carbocycles. The van der Waals surface area contributed by atoms with Crippen LogP contribution < -0.4 is 5.73 Å². The van der Waals surface area contributed by atoms with Crippen LogP contribution >= 0.6 is 0 Å². The van der Waals surface area contributed by atoms with Crippen LogP contribution in [0, 0.1) is 0 Å². The summed E-state index contributed by atoms with van der Waals surface area (Å²) in [5.41, 5.74) is 8.99. The number of hydrogen-bond acceptors (Lipinski definition) is 6. The van der Waals surface area contributed by atoms with Crippen molar-refractivity contribution in [3.63, 3.8) is 0 Å². The molecule has 5 heterocycles. The number of likely N-dealkylation sites (tertiary alicyclic amines) is 1. The van der Waals surface area contributed by atoms with Crippen molar-refractivity contribution in [3.8, 4) is 11.5 Å². The summed E-state index contributed by atoms with van der Waals surface area (Å²) in [5.74, 6) is 0.763. The third-order valence-electron chi connectivity index (χ3n) is 6.73. The minimum Gasteiger partial charge on any atom is -0.380 e. The molecule has 3 aromatic heterocycles. The SMILES string of the molecule is N[C@H]1CCN([C@H](c2ccc3nnc(-c4ccc5ccc(C6COC6)cc5n4)n3c2)C(F)(F)F)C1. The molecule has 2 saturated heterocycles. The Morgan fingerprint density at radius 1 is 1.06 bits per heavy atom. The first kappa shape index (κ1) is 21.5. The van der Waals surface area contributed by atoms with Crippen LogP contribution in [-0.2, 0) is 4.74 Å². The minimum atomic E-state index is -4.44. The van der Waals surface area contributed by atoms with Gasteiger partial charge in [0.2, 0.25) is 0 Å². The number of aromatic nitrogens is 4. The van der Waals surface area contributed by atoms with Gasteiger partial charge < -0.3 is 10.5 Å². The van der Waals surface area contributed by atoms with Crippen LogP contribution in [0.3, 0.4) is 0 Å². The lowest BCUT2D eigenvalue weighted by Gasteiger charge is -2.30. The first-order valence-corrected chi connectivity index (χ1v) is 11.3. The minimum absolute atomic E-state index is 0.128. The highest BCUT2D eigenvalue weighted by Gasteiger charge is 2.46. The number of nitrogens with zero attached hydrogens (tertiary/aromatic N) is 5. The highest BCUT2D eigenvalue weighted by molar-refractivity contribution is 5.81. The molecule has 6 rings (SSSR count). The third kappa shape index (κ3) is 3.71. The molecule has 2 N–H and O–H groups in total. The van der Waals surface area contributed by atoms with E-state index in [4.69, 9.17) is 15.5 Å².